The van der Waals surface area contributed by atoms with E-state index in [-0.39, 0.29) is 10.9 Å². The molecule has 0 amide bonds. The summed E-state index contributed by atoms with van der Waals surface area (Å²) in [5, 5.41) is 4.28. The average molecular weight is 365 g/mol. The molecule has 0 radical (unpaired) electrons. The Hall–Kier alpha value is -2.06. The summed E-state index contributed by atoms with van der Waals surface area (Å²) in [4.78, 5) is 0.129. The van der Waals surface area contributed by atoms with Crippen LogP contribution in [0.3, 0.4) is 0 Å². The molecule has 7 nitrogen and oxygen atoms in total. The van der Waals surface area contributed by atoms with E-state index in [9.17, 15) is 8.42 Å². The maximum atomic E-state index is 13.3. The Morgan fingerprint density at radius 3 is 2.72 bits per heavy atom. The summed E-state index contributed by atoms with van der Waals surface area (Å²) in [7, 11) is -0.750. The molecule has 1 aliphatic rings. The highest BCUT2D eigenvalue weighted by atomic mass is 32.2. The van der Waals surface area contributed by atoms with Gasteiger partial charge in [0.05, 0.1) is 26.0 Å². The molecule has 1 unspecified atom stereocenters. The van der Waals surface area contributed by atoms with Crippen molar-refractivity contribution in [1.82, 2.24) is 14.1 Å². The Labute approximate surface area is 148 Å². The normalized spacial score (nSPS) is 18.4. The lowest BCUT2D eigenvalue weighted by molar-refractivity contribution is 0.365. The van der Waals surface area contributed by atoms with Crippen molar-refractivity contribution < 1.29 is 17.9 Å². The van der Waals surface area contributed by atoms with Crippen molar-refractivity contribution in [1.29, 1.82) is 0 Å². The van der Waals surface area contributed by atoms with Crippen LogP contribution in [0.25, 0.3) is 0 Å². The summed E-state index contributed by atoms with van der Waals surface area (Å²) in [5.41, 5.74) is 0.922. The lowest BCUT2D eigenvalue weighted by Crippen LogP contribution is -2.32. The molecule has 136 valence electrons. The standard InChI is InChI=1S/C17H23N3O4S/c1-4-19-14(9-10-18-19)15-6-5-11-20(15)25(21,22)17-12-13(23-2)7-8-16(17)24-3/h7-10,12,15H,4-6,11H2,1-3H3. The van der Waals surface area contributed by atoms with Gasteiger partial charge >= 0.3 is 0 Å². The van der Waals surface area contributed by atoms with E-state index in [1.54, 1.807) is 22.6 Å². The second-order valence-electron chi connectivity index (χ2n) is 5.86. The molecule has 1 aromatic heterocycles. The zero-order chi connectivity index (χ0) is 18.0. The fourth-order valence-corrected chi connectivity index (χ4v) is 5.17. The molecule has 0 bridgehead atoms. The van der Waals surface area contributed by atoms with Gasteiger partial charge in [-0.05, 0) is 38.0 Å². The molecule has 1 saturated heterocycles. The van der Waals surface area contributed by atoms with Crippen LogP contribution in [-0.2, 0) is 16.6 Å². The van der Waals surface area contributed by atoms with Gasteiger partial charge in [0.25, 0.3) is 0 Å². The maximum absolute atomic E-state index is 13.3. The number of sulfonamides is 1. The summed E-state index contributed by atoms with van der Waals surface area (Å²) in [5.74, 6) is 0.796. The lowest BCUT2D eigenvalue weighted by atomic mass is 10.1. The molecule has 0 N–H and O–H groups in total. The number of nitrogens with zero attached hydrogens (tertiary/aromatic N) is 3. The van der Waals surface area contributed by atoms with Crippen LogP contribution in [-0.4, -0.2) is 43.3 Å². The Kier molecular flexibility index (Phi) is 5.01. The third kappa shape index (κ3) is 3.11. The van der Waals surface area contributed by atoms with E-state index in [2.05, 4.69) is 5.10 Å². The number of hydrogen-bond donors (Lipinski definition) is 0. The van der Waals surface area contributed by atoms with Crippen molar-refractivity contribution in [2.24, 2.45) is 0 Å². The molecule has 0 aliphatic carbocycles. The van der Waals surface area contributed by atoms with Gasteiger partial charge in [0.15, 0.2) is 0 Å². The minimum absolute atomic E-state index is 0.129. The third-order valence-corrected chi connectivity index (χ3v) is 6.48. The minimum atomic E-state index is -3.73. The molecular formula is C17H23N3O4S. The van der Waals surface area contributed by atoms with Crippen molar-refractivity contribution in [2.45, 2.75) is 37.2 Å². The highest BCUT2D eigenvalue weighted by molar-refractivity contribution is 7.89. The molecule has 25 heavy (non-hydrogen) atoms. The van der Waals surface area contributed by atoms with Crippen LogP contribution in [0.2, 0.25) is 0 Å². The van der Waals surface area contributed by atoms with Crippen LogP contribution in [0, 0.1) is 0 Å². The largest absolute Gasteiger partial charge is 0.497 e. The molecule has 1 atom stereocenters. The van der Waals surface area contributed by atoms with Gasteiger partial charge in [-0.1, -0.05) is 0 Å². The van der Waals surface area contributed by atoms with Crippen LogP contribution < -0.4 is 9.47 Å². The first-order valence-corrected chi connectivity index (χ1v) is 9.72. The van der Waals surface area contributed by atoms with Crippen molar-refractivity contribution in [2.75, 3.05) is 20.8 Å². The van der Waals surface area contributed by atoms with Gasteiger partial charge in [-0.15, -0.1) is 0 Å². The van der Waals surface area contributed by atoms with Gasteiger partial charge in [-0.2, -0.15) is 9.40 Å². The predicted octanol–water partition coefficient (Wildman–Crippen LogP) is 2.45. The van der Waals surface area contributed by atoms with Gasteiger partial charge in [0, 0.05) is 25.4 Å². The molecule has 3 rings (SSSR count). The first-order chi connectivity index (χ1) is 12.0. The first kappa shape index (κ1) is 17.8. The number of aryl methyl sites for hydroxylation is 1. The van der Waals surface area contributed by atoms with Crippen molar-refractivity contribution >= 4 is 10.0 Å². The second-order valence-corrected chi connectivity index (χ2v) is 7.72. The van der Waals surface area contributed by atoms with E-state index in [0.29, 0.717) is 24.6 Å². The molecule has 0 saturated carbocycles. The summed E-state index contributed by atoms with van der Waals surface area (Å²) in [6, 6.07) is 6.49. The van der Waals surface area contributed by atoms with Crippen molar-refractivity contribution in [3.63, 3.8) is 0 Å². The van der Waals surface area contributed by atoms with E-state index in [1.807, 2.05) is 17.7 Å². The van der Waals surface area contributed by atoms with Crippen LogP contribution in [0.1, 0.15) is 31.5 Å². The van der Waals surface area contributed by atoms with Crippen LogP contribution >= 0.6 is 0 Å². The molecule has 0 spiro atoms. The topological polar surface area (TPSA) is 73.7 Å². The van der Waals surface area contributed by atoms with E-state index < -0.39 is 10.0 Å². The lowest BCUT2D eigenvalue weighted by Gasteiger charge is -2.25. The Balaban J connectivity index is 2.05. The highest BCUT2D eigenvalue weighted by Gasteiger charge is 2.39. The number of ether oxygens (including phenoxy) is 2. The fourth-order valence-electron chi connectivity index (χ4n) is 3.33. The Morgan fingerprint density at radius 1 is 1.24 bits per heavy atom. The zero-order valence-corrected chi connectivity index (χ0v) is 15.5. The number of aromatic nitrogens is 2. The minimum Gasteiger partial charge on any atom is -0.497 e. The predicted molar refractivity (Wildman–Crippen MR) is 93.3 cm³/mol. The number of benzene rings is 1. The fraction of sp³-hybridized carbons (Fsp3) is 0.471. The SMILES string of the molecule is CCn1nccc1C1CCCN1S(=O)(=O)c1cc(OC)ccc1OC. The quantitative estimate of drug-likeness (QED) is 0.786. The van der Waals surface area contributed by atoms with E-state index in [4.69, 9.17) is 9.47 Å². The molecule has 1 aromatic carbocycles. The van der Waals surface area contributed by atoms with Gasteiger partial charge in [-0.3, -0.25) is 4.68 Å². The number of methoxy groups -OCH3 is 2. The molecule has 2 aromatic rings. The van der Waals surface area contributed by atoms with Crippen LogP contribution in [0.15, 0.2) is 35.4 Å². The zero-order valence-electron chi connectivity index (χ0n) is 14.7. The first-order valence-electron chi connectivity index (χ1n) is 8.28. The van der Waals surface area contributed by atoms with Crippen molar-refractivity contribution in [3.8, 4) is 11.5 Å². The second kappa shape index (κ2) is 7.05. The van der Waals surface area contributed by atoms with Gasteiger partial charge < -0.3 is 9.47 Å². The molecular weight excluding hydrogens is 342 g/mol. The van der Waals surface area contributed by atoms with Gasteiger partial charge in [-0.25, -0.2) is 8.42 Å². The maximum Gasteiger partial charge on any atom is 0.247 e. The van der Waals surface area contributed by atoms with E-state index >= 15 is 0 Å². The average Bonchev–Trinajstić information content (AvgIpc) is 3.29. The monoisotopic (exact) mass is 365 g/mol. The molecule has 8 heteroatoms. The van der Waals surface area contributed by atoms with Gasteiger partial charge in [0.1, 0.15) is 16.4 Å². The summed E-state index contributed by atoms with van der Waals surface area (Å²) in [6.07, 6.45) is 3.30. The molecule has 2 heterocycles. The summed E-state index contributed by atoms with van der Waals surface area (Å²) in [6.45, 7) is 3.17. The van der Waals surface area contributed by atoms with E-state index in [1.165, 1.54) is 20.3 Å². The summed E-state index contributed by atoms with van der Waals surface area (Å²) < 4.78 is 40.6. The van der Waals surface area contributed by atoms with Crippen LogP contribution in [0.4, 0.5) is 0 Å². The van der Waals surface area contributed by atoms with Crippen LogP contribution in [0.5, 0.6) is 11.5 Å². The Bertz CT molecular complexity index is 847. The van der Waals surface area contributed by atoms with Gasteiger partial charge in [0.2, 0.25) is 10.0 Å². The highest BCUT2D eigenvalue weighted by Crippen LogP contribution is 2.39. The Morgan fingerprint density at radius 2 is 2.04 bits per heavy atom. The summed E-state index contributed by atoms with van der Waals surface area (Å²) >= 11 is 0. The smallest absolute Gasteiger partial charge is 0.247 e. The third-order valence-electron chi connectivity index (χ3n) is 4.55. The molecule has 1 aliphatic heterocycles. The number of rotatable bonds is 6. The van der Waals surface area contributed by atoms with Crippen molar-refractivity contribution in [3.05, 3.63) is 36.2 Å². The molecule has 1 fully saturated rings. The van der Waals surface area contributed by atoms with E-state index in [0.717, 1.165) is 18.5 Å². The number of hydrogen-bond acceptors (Lipinski definition) is 5.